The lowest BCUT2D eigenvalue weighted by atomic mass is 9.97. The van der Waals surface area contributed by atoms with Crippen molar-refractivity contribution in [3.8, 4) is 0 Å². The molecule has 162 valence electrons. The molecule has 32 heavy (non-hydrogen) atoms. The van der Waals surface area contributed by atoms with Crippen LogP contribution in [0.25, 0.3) is 5.57 Å². The van der Waals surface area contributed by atoms with Gasteiger partial charge in [0.2, 0.25) is 0 Å². The molecule has 1 N–H and O–H groups in total. The van der Waals surface area contributed by atoms with Gasteiger partial charge in [0.1, 0.15) is 5.70 Å². The number of rotatable bonds is 5. The highest BCUT2D eigenvalue weighted by atomic mass is 35.5. The molecular formula is C27H25ClN2O2. The summed E-state index contributed by atoms with van der Waals surface area (Å²) >= 11 is 5.99. The summed E-state index contributed by atoms with van der Waals surface area (Å²) in [5.41, 5.74) is 7.34. The molecule has 3 aromatic carbocycles. The standard InChI is InChI=1S/C27H25ClN2O2/c1-16-8-13-22(18(3)14-16)24-25(29-23-7-5-6-17(2)19(23)4)27(32)30(26(24)31)15-20-9-11-21(28)12-10-20/h5-14,29H,15H2,1-4H3. The van der Waals surface area contributed by atoms with E-state index >= 15 is 0 Å². The SMILES string of the molecule is Cc1ccc(C2=C(Nc3cccc(C)c3C)C(=O)N(Cc3ccc(Cl)cc3)C2=O)c(C)c1. The minimum Gasteiger partial charge on any atom is -0.350 e. The average Bonchev–Trinajstić information content (AvgIpc) is 2.97. The van der Waals surface area contributed by atoms with Crippen LogP contribution in [0.2, 0.25) is 5.02 Å². The lowest BCUT2D eigenvalue weighted by Gasteiger charge is -2.16. The highest BCUT2D eigenvalue weighted by molar-refractivity contribution is 6.36. The van der Waals surface area contributed by atoms with Crippen LogP contribution in [0, 0.1) is 27.7 Å². The van der Waals surface area contributed by atoms with Gasteiger partial charge in [0, 0.05) is 10.7 Å². The zero-order valence-electron chi connectivity index (χ0n) is 18.6. The Morgan fingerprint density at radius 1 is 0.844 bits per heavy atom. The van der Waals surface area contributed by atoms with E-state index in [0.717, 1.165) is 39.1 Å². The predicted molar refractivity (Wildman–Crippen MR) is 129 cm³/mol. The summed E-state index contributed by atoms with van der Waals surface area (Å²) < 4.78 is 0. The Labute approximate surface area is 193 Å². The number of nitrogens with one attached hydrogen (secondary N) is 1. The first kappa shape index (κ1) is 21.8. The summed E-state index contributed by atoms with van der Waals surface area (Å²) in [6, 6.07) is 19.0. The van der Waals surface area contributed by atoms with Crippen LogP contribution in [-0.2, 0) is 16.1 Å². The molecule has 0 aromatic heterocycles. The molecule has 5 heteroatoms. The highest BCUT2D eigenvalue weighted by Crippen LogP contribution is 2.34. The Hall–Kier alpha value is -3.37. The summed E-state index contributed by atoms with van der Waals surface area (Å²) in [5.74, 6) is -0.634. The molecule has 2 amide bonds. The van der Waals surface area contributed by atoms with Crippen LogP contribution in [0.1, 0.15) is 33.4 Å². The Bertz CT molecular complexity index is 1260. The van der Waals surface area contributed by atoms with E-state index in [1.165, 1.54) is 4.90 Å². The zero-order chi connectivity index (χ0) is 23.0. The highest BCUT2D eigenvalue weighted by Gasteiger charge is 2.39. The maximum absolute atomic E-state index is 13.6. The van der Waals surface area contributed by atoms with Crippen molar-refractivity contribution in [3.05, 3.63) is 105 Å². The van der Waals surface area contributed by atoms with E-state index in [9.17, 15) is 9.59 Å². The van der Waals surface area contributed by atoms with Crippen molar-refractivity contribution in [2.75, 3.05) is 5.32 Å². The predicted octanol–water partition coefficient (Wildman–Crippen LogP) is 5.97. The first-order chi connectivity index (χ1) is 15.3. The third-order valence-electron chi connectivity index (χ3n) is 5.94. The second-order valence-electron chi connectivity index (χ2n) is 8.26. The van der Waals surface area contributed by atoms with Gasteiger partial charge in [-0.1, -0.05) is 59.6 Å². The molecule has 4 nitrogen and oxygen atoms in total. The van der Waals surface area contributed by atoms with Gasteiger partial charge in [-0.2, -0.15) is 0 Å². The Kier molecular flexibility index (Phi) is 5.90. The largest absolute Gasteiger partial charge is 0.350 e. The number of benzene rings is 3. The van der Waals surface area contributed by atoms with Crippen molar-refractivity contribution in [2.45, 2.75) is 34.2 Å². The van der Waals surface area contributed by atoms with Crippen LogP contribution >= 0.6 is 11.6 Å². The average molecular weight is 445 g/mol. The van der Waals surface area contributed by atoms with Crippen LogP contribution < -0.4 is 5.32 Å². The molecule has 0 unspecified atom stereocenters. The number of hydrogen-bond acceptors (Lipinski definition) is 3. The maximum atomic E-state index is 13.6. The second kappa shape index (κ2) is 8.64. The summed E-state index contributed by atoms with van der Waals surface area (Å²) in [7, 11) is 0. The number of amides is 2. The van der Waals surface area contributed by atoms with E-state index in [1.54, 1.807) is 12.1 Å². The molecule has 0 saturated heterocycles. The Morgan fingerprint density at radius 2 is 1.56 bits per heavy atom. The van der Waals surface area contributed by atoms with Gasteiger partial charge in [0.15, 0.2) is 0 Å². The lowest BCUT2D eigenvalue weighted by molar-refractivity contribution is -0.137. The summed E-state index contributed by atoms with van der Waals surface area (Å²) in [5, 5.41) is 3.90. The minimum atomic E-state index is -0.333. The third kappa shape index (κ3) is 4.06. The van der Waals surface area contributed by atoms with E-state index < -0.39 is 0 Å². The molecule has 3 aromatic rings. The van der Waals surface area contributed by atoms with Crippen molar-refractivity contribution in [2.24, 2.45) is 0 Å². The zero-order valence-corrected chi connectivity index (χ0v) is 19.4. The number of aryl methyl sites for hydroxylation is 3. The normalized spacial score (nSPS) is 13.8. The molecule has 4 rings (SSSR count). The molecule has 0 fully saturated rings. The summed E-state index contributed by atoms with van der Waals surface area (Å²) in [6.45, 7) is 8.18. The molecule has 0 atom stereocenters. The van der Waals surface area contributed by atoms with E-state index in [4.69, 9.17) is 11.6 Å². The molecule has 0 radical (unpaired) electrons. The van der Waals surface area contributed by atoms with Crippen molar-refractivity contribution in [1.29, 1.82) is 0 Å². The Balaban J connectivity index is 1.80. The van der Waals surface area contributed by atoms with E-state index in [0.29, 0.717) is 16.3 Å². The first-order valence-corrected chi connectivity index (χ1v) is 10.9. The van der Waals surface area contributed by atoms with Gasteiger partial charge in [0.25, 0.3) is 11.8 Å². The van der Waals surface area contributed by atoms with Crippen LogP contribution in [-0.4, -0.2) is 16.7 Å². The van der Waals surface area contributed by atoms with Crippen LogP contribution in [0.3, 0.4) is 0 Å². The fourth-order valence-electron chi connectivity index (χ4n) is 3.97. The Morgan fingerprint density at radius 3 is 2.25 bits per heavy atom. The number of halogens is 1. The fraction of sp³-hybridized carbons (Fsp3) is 0.185. The van der Waals surface area contributed by atoms with Gasteiger partial charge in [-0.05, 0) is 73.7 Å². The topological polar surface area (TPSA) is 49.4 Å². The molecule has 0 spiro atoms. The lowest BCUT2D eigenvalue weighted by Crippen LogP contribution is -2.32. The fourth-order valence-corrected chi connectivity index (χ4v) is 4.10. The van der Waals surface area contributed by atoms with Crippen molar-refractivity contribution in [3.63, 3.8) is 0 Å². The third-order valence-corrected chi connectivity index (χ3v) is 6.19. The van der Waals surface area contributed by atoms with Gasteiger partial charge in [0.05, 0.1) is 12.1 Å². The van der Waals surface area contributed by atoms with Crippen LogP contribution in [0.15, 0.2) is 66.4 Å². The number of anilines is 1. The monoisotopic (exact) mass is 444 g/mol. The molecule has 1 heterocycles. The van der Waals surface area contributed by atoms with Gasteiger partial charge in [-0.3, -0.25) is 14.5 Å². The molecule has 0 saturated carbocycles. The number of carbonyl (C=O) groups is 2. The summed E-state index contributed by atoms with van der Waals surface area (Å²) in [6.07, 6.45) is 0. The molecule has 1 aliphatic heterocycles. The number of nitrogens with zero attached hydrogens (tertiary/aromatic N) is 1. The number of carbonyl (C=O) groups excluding carboxylic acids is 2. The van der Waals surface area contributed by atoms with Crippen molar-refractivity contribution < 1.29 is 9.59 Å². The maximum Gasteiger partial charge on any atom is 0.278 e. The van der Waals surface area contributed by atoms with E-state index in [2.05, 4.69) is 5.32 Å². The van der Waals surface area contributed by atoms with Crippen LogP contribution in [0.4, 0.5) is 5.69 Å². The first-order valence-electron chi connectivity index (χ1n) is 10.5. The van der Waals surface area contributed by atoms with E-state index in [-0.39, 0.29) is 18.4 Å². The van der Waals surface area contributed by atoms with Crippen molar-refractivity contribution >= 4 is 34.7 Å². The minimum absolute atomic E-state index is 0.182. The molecule has 0 aliphatic carbocycles. The van der Waals surface area contributed by atoms with Crippen LogP contribution in [0.5, 0.6) is 0 Å². The molecule has 0 bridgehead atoms. The summed E-state index contributed by atoms with van der Waals surface area (Å²) in [4.78, 5) is 28.4. The smallest absolute Gasteiger partial charge is 0.278 e. The van der Waals surface area contributed by atoms with Gasteiger partial charge in [-0.25, -0.2) is 0 Å². The number of hydrogen-bond donors (Lipinski definition) is 1. The second-order valence-corrected chi connectivity index (χ2v) is 8.70. The van der Waals surface area contributed by atoms with Gasteiger partial charge >= 0.3 is 0 Å². The quantitative estimate of drug-likeness (QED) is 0.493. The van der Waals surface area contributed by atoms with Crippen molar-refractivity contribution in [1.82, 2.24) is 4.90 Å². The van der Waals surface area contributed by atoms with E-state index in [1.807, 2.05) is 76.2 Å². The van der Waals surface area contributed by atoms with Gasteiger partial charge in [-0.15, -0.1) is 0 Å². The molecule has 1 aliphatic rings. The van der Waals surface area contributed by atoms with Gasteiger partial charge < -0.3 is 5.32 Å². The molecular weight excluding hydrogens is 420 g/mol. The number of imide groups is 1.